The molecule has 0 amide bonds. The van der Waals surface area contributed by atoms with Crippen molar-refractivity contribution in [3.63, 3.8) is 0 Å². The van der Waals surface area contributed by atoms with E-state index < -0.39 is 0 Å². The van der Waals surface area contributed by atoms with E-state index in [2.05, 4.69) is 298 Å². The first-order chi connectivity index (χ1) is 34.7. The molecule has 0 N–H and O–H groups in total. The summed E-state index contributed by atoms with van der Waals surface area (Å²) in [7, 11) is 0. The average Bonchev–Trinajstić information content (AvgIpc) is 3.95. The van der Waals surface area contributed by atoms with E-state index in [1.807, 2.05) is 0 Å². The van der Waals surface area contributed by atoms with Crippen LogP contribution in [0.25, 0.3) is 77.2 Å². The zero-order valence-electron chi connectivity index (χ0n) is 38.3. The molecule has 0 fully saturated rings. The maximum absolute atomic E-state index is 2.42. The molecule has 11 aromatic carbocycles. The molecular formula is C66H46N4. The molecule has 13 rings (SSSR count). The molecule has 0 spiro atoms. The van der Waals surface area contributed by atoms with Gasteiger partial charge in [0.05, 0.1) is 22.1 Å². The minimum atomic E-state index is 1.04. The summed E-state index contributed by atoms with van der Waals surface area (Å²) in [5.74, 6) is 0. The largest absolute Gasteiger partial charge is 0.310 e. The lowest BCUT2D eigenvalue weighted by molar-refractivity contribution is 1.18. The predicted octanol–water partition coefficient (Wildman–Crippen LogP) is 18.2. The Bertz CT molecular complexity index is 3930. The van der Waals surface area contributed by atoms with Crippen molar-refractivity contribution in [1.29, 1.82) is 0 Å². The molecule has 0 bridgehead atoms. The first-order valence-corrected chi connectivity index (χ1v) is 23.9. The molecular weight excluding hydrogens is 849 g/mol. The maximum atomic E-state index is 2.42. The monoisotopic (exact) mass is 894 g/mol. The Balaban J connectivity index is 1.03. The second-order valence-corrected chi connectivity index (χ2v) is 17.8. The van der Waals surface area contributed by atoms with E-state index in [9.17, 15) is 0 Å². The van der Waals surface area contributed by atoms with Gasteiger partial charge in [-0.3, -0.25) is 0 Å². The first-order valence-electron chi connectivity index (χ1n) is 23.9. The third kappa shape index (κ3) is 7.18. The van der Waals surface area contributed by atoms with E-state index in [0.717, 1.165) is 67.7 Å². The molecule has 0 unspecified atom stereocenters. The van der Waals surface area contributed by atoms with Crippen LogP contribution in [0, 0.1) is 0 Å². The molecule has 0 aliphatic rings. The minimum absolute atomic E-state index is 1.04. The van der Waals surface area contributed by atoms with Crippen LogP contribution in [0.1, 0.15) is 0 Å². The van der Waals surface area contributed by atoms with Gasteiger partial charge in [-0.2, -0.15) is 0 Å². The second-order valence-electron chi connectivity index (χ2n) is 17.8. The zero-order chi connectivity index (χ0) is 46.4. The fraction of sp³-hybridized carbons (Fsp3) is 0. The molecule has 0 aliphatic heterocycles. The molecule has 0 radical (unpaired) electrons. The van der Waals surface area contributed by atoms with Crippen LogP contribution in [0.3, 0.4) is 0 Å². The van der Waals surface area contributed by atoms with Gasteiger partial charge in [0.15, 0.2) is 0 Å². The fourth-order valence-corrected chi connectivity index (χ4v) is 10.5. The van der Waals surface area contributed by atoms with Crippen molar-refractivity contribution in [1.82, 2.24) is 9.13 Å². The number of fused-ring (bicyclic) bond motifs is 6. The number of anilines is 6. The smallest absolute Gasteiger partial charge is 0.0542 e. The lowest BCUT2D eigenvalue weighted by Gasteiger charge is -2.30. The van der Waals surface area contributed by atoms with Gasteiger partial charge in [0.1, 0.15) is 0 Å². The number of benzene rings is 11. The topological polar surface area (TPSA) is 16.3 Å². The number of aromatic nitrogens is 2. The minimum Gasteiger partial charge on any atom is -0.310 e. The number of hydrogen-bond acceptors (Lipinski definition) is 2. The van der Waals surface area contributed by atoms with Crippen LogP contribution in [0.2, 0.25) is 0 Å². The summed E-state index contributed by atoms with van der Waals surface area (Å²) < 4.78 is 4.78. The third-order valence-corrected chi connectivity index (χ3v) is 13.6. The number of hydrogen-bond donors (Lipinski definition) is 0. The third-order valence-electron chi connectivity index (χ3n) is 13.6. The molecule has 4 heteroatoms. The van der Waals surface area contributed by atoms with Crippen molar-refractivity contribution >= 4 is 77.7 Å². The summed E-state index contributed by atoms with van der Waals surface area (Å²) in [6, 6.07) is 101. The van der Waals surface area contributed by atoms with Crippen LogP contribution in [-0.4, -0.2) is 9.13 Å². The fourth-order valence-electron chi connectivity index (χ4n) is 10.5. The molecule has 0 atom stereocenters. The number of nitrogens with zero attached hydrogens (tertiary/aromatic N) is 4. The zero-order valence-corrected chi connectivity index (χ0v) is 38.3. The van der Waals surface area contributed by atoms with Crippen molar-refractivity contribution in [2.45, 2.75) is 0 Å². The lowest BCUT2D eigenvalue weighted by atomic mass is 9.99. The average molecular weight is 895 g/mol. The molecule has 2 heterocycles. The molecule has 0 saturated heterocycles. The van der Waals surface area contributed by atoms with Gasteiger partial charge in [0.2, 0.25) is 0 Å². The van der Waals surface area contributed by atoms with E-state index in [4.69, 9.17) is 0 Å². The van der Waals surface area contributed by atoms with Crippen LogP contribution >= 0.6 is 0 Å². The van der Waals surface area contributed by atoms with Gasteiger partial charge >= 0.3 is 0 Å². The summed E-state index contributed by atoms with van der Waals surface area (Å²) in [6.45, 7) is 0. The van der Waals surface area contributed by atoms with E-state index in [1.165, 1.54) is 43.7 Å². The quantitative estimate of drug-likeness (QED) is 0.136. The maximum Gasteiger partial charge on any atom is 0.0542 e. The predicted molar refractivity (Wildman–Crippen MR) is 295 cm³/mol. The Labute approximate surface area is 407 Å². The van der Waals surface area contributed by atoms with Crippen molar-refractivity contribution in [3.8, 4) is 33.6 Å². The standard InChI is InChI=1S/C66H46N4/c1-6-20-47(21-7-1)48-34-37-55(38-35-48)70-63-32-18-16-30-59(63)61-44-49(36-40-65(61)70)50-42-57(67(51-22-8-2-9-23-51)52-24-10-3-11-25-52)45-58(43-50)68(53-26-12-4-13-27-53)56-39-41-66-62(46-56)60-31-17-19-33-64(60)69(66)54-28-14-5-15-29-54/h1-46H. The summed E-state index contributed by atoms with van der Waals surface area (Å²) in [6.07, 6.45) is 0. The second kappa shape index (κ2) is 17.4. The highest BCUT2D eigenvalue weighted by Gasteiger charge is 2.22. The Kier molecular flexibility index (Phi) is 10.1. The first kappa shape index (κ1) is 40.9. The van der Waals surface area contributed by atoms with Gasteiger partial charge in [-0.05, 0) is 144 Å². The summed E-state index contributed by atoms with van der Waals surface area (Å²) in [5.41, 5.74) is 18.0. The highest BCUT2D eigenvalue weighted by atomic mass is 15.2. The highest BCUT2D eigenvalue weighted by molar-refractivity contribution is 6.12. The van der Waals surface area contributed by atoms with Gasteiger partial charge in [-0.15, -0.1) is 0 Å². The Morgan fingerprint density at radius 1 is 0.200 bits per heavy atom. The van der Waals surface area contributed by atoms with Crippen LogP contribution in [0.5, 0.6) is 0 Å². The van der Waals surface area contributed by atoms with Gasteiger partial charge in [-0.1, -0.05) is 158 Å². The van der Waals surface area contributed by atoms with Crippen molar-refractivity contribution in [2.75, 3.05) is 9.80 Å². The molecule has 2 aromatic heterocycles. The molecule has 0 aliphatic carbocycles. The number of rotatable bonds is 10. The van der Waals surface area contributed by atoms with E-state index in [0.29, 0.717) is 0 Å². The van der Waals surface area contributed by atoms with Gasteiger partial charge in [0.25, 0.3) is 0 Å². The van der Waals surface area contributed by atoms with Crippen LogP contribution in [-0.2, 0) is 0 Å². The molecule has 330 valence electrons. The van der Waals surface area contributed by atoms with Crippen LogP contribution in [0.4, 0.5) is 34.1 Å². The van der Waals surface area contributed by atoms with Crippen molar-refractivity contribution < 1.29 is 0 Å². The van der Waals surface area contributed by atoms with Crippen LogP contribution in [0.15, 0.2) is 279 Å². The normalized spacial score (nSPS) is 11.4. The van der Waals surface area contributed by atoms with E-state index >= 15 is 0 Å². The number of para-hydroxylation sites is 6. The highest BCUT2D eigenvalue weighted by Crippen LogP contribution is 2.45. The molecule has 0 saturated carbocycles. The Hall–Kier alpha value is -9.38. The Morgan fingerprint density at radius 3 is 1.13 bits per heavy atom. The summed E-state index contributed by atoms with van der Waals surface area (Å²) in [5, 5.41) is 4.83. The van der Waals surface area contributed by atoms with Crippen molar-refractivity contribution in [2.24, 2.45) is 0 Å². The van der Waals surface area contributed by atoms with Crippen LogP contribution < -0.4 is 9.80 Å². The van der Waals surface area contributed by atoms with E-state index in [-0.39, 0.29) is 0 Å². The molecule has 70 heavy (non-hydrogen) atoms. The van der Waals surface area contributed by atoms with Gasteiger partial charge in [0, 0.05) is 67.0 Å². The van der Waals surface area contributed by atoms with E-state index in [1.54, 1.807) is 0 Å². The lowest BCUT2D eigenvalue weighted by Crippen LogP contribution is -2.13. The van der Waals surface area contributed by atoms with Crippen molar-refractivity contribution in [3.05, 3.63) is 279 Å². The summed E-state index contributed by atoms with van der Waals surface area (Å²) in [4.78, 5) is 4.79. The SMILES string of the molecule is c1ccc(-c2ccc(-n3c4ccccc4c4cc(-c5cc(N(c6ccccc6)c6ccccc6)cc(N(c6ccccc6)c6ccc7c(c6)c6ccccc6n7-c6ccccc6)c5)ccc43)cc2)cc1. The summed E-state index contributed by atoms with van der Waals surface area (Å²) >= 11 is 0. The van der Waals surface area contributed by atoms with Gasteiger partial charge < -0.3 is 18.9 Å². The molecule has 4 nitrogen and oxygen atoms in total. The molecule has 13 aromatic rings. The Morgan fingerprint density at radius 2 is 0.586 bits per heavy atom. The van der Waals surface area contributed by atoms with Gasteiger partial charge in [-0.25, -0.2) is 0 Å².